The molecule has 1 heterocycles. The number of benzene rings is 1. The molecule has 2 rings (SSSR count). The second-order valence-electron chi connectivity index (χ2n) is 11.7. The quantitative estimate of drug-likeness (QED) is 0.150. The molecular formula is C34H48O11. The highest BCUT2D eigenvalue weighted by Gasteiger charge is 2.51. The smallest absolute Gasteiger partial charge is 0.303 e. The standard InChI is InChI=1S/C34H48O11/c1-19(2)14-27(38)15-21(4)11-9-10-20(3)12-13-26-17-28(39)22(5)16-29(26)44-34-31(40)33(43-25(8)37)32(42-24(7)36)30(45-34)18-41-23(6)35/h11-12,14,16-17,27,30-34,38-40H,9-10,13,15,18H2,1-8H3/t27-,30+,31+,32+,33+,34-/m0/s1. The van der Waals surface area contributed by atoms with Crippen molar-refractivity contribution in [3.05, 3.63) is 58.2 Å². The van der Waals surface area contributed by atoms with Crippen LogP contribution in [0.3, 0.4) is 0 Å². The number of hydrogen-bond donors (Lipinski definition) is 3. The van der Waals surface area contributed by atoms with Crippen LogP contribution in [0.1, 0.15) is 78.9 Å². The molecule has 1 aromatic carbocycles. The normalized spacial score (nSPS) is 22.7. The Kier molecular flexibility index (Phi) is 14.8. The Morgan fingerprint density at radius 3 is 2.18 bits per heavy atom. The van der Waals surface area contributed by atoms with Gasteiger partial charge in [0.2, 0.25) is 6.29 Å². The fourth-order valence-corrected chi connectivity index (χ4v) is 4.88. The fourth-order valence-electron chi connectivity index (χ4n) is 4.88. The van der Waals surface area contributed by atoms with Crippen LogP contribution >= 0.6 is 0 Å². The summed E-state index contributed by atoms with van der Waals surface area (Å²) in [5, 5.41) is 31.8. The van der Waals surface area contributed by atoms with Crippen molar-refractivity contribution in [3.63, 3.8) is 0 Å². The summed E-state index contributed by atoms with van der Waals surface area (Å²) in [7, 11) is 0. The summed E-state index contributed by atoms with van der Waals surface area (Å²) in [6.07, 6.45) is 1.23. The van der Waals surface area contributed by atoms with Crippen molar-refractivity contribution in [2.75, 3.05) is 6.61 Å². The Bertz CT molecular complexity index is 1270. The van der Waals surface area contributed by atoms with E-state index in [0.29, 0.717) is 29.7 Å². The lowest BCUT2D eigenvalue weighted by Crippen LogP contribution is -2.62. The Morgan fingerprint density at radius 2 is 1.58 bits per heavy atom. The number of esters is 3. The van der Waals surface area contributed by atoms with Gasteiger partial charge in [-0.3, -0.25) is 14.4 Å². The lowest BCUT2D eigenvalue weighted by molar-refractivity contribution is -0.285. The highest BCUT2D eigenvalue weighted by Crippen LogP contribution is 2.33. The van der Waals surface area contributed by atoms with Crippen LogP contribution in [0.2, 0.25) is 0 Å². The molecule has 11 nitrogen and oxygen atoms in total. The summed E-state index contributed by atoms with van der Waals surface area (Å²) in [5.74, 6) is -1.70. The van der Waals surface area contributed by atoms with Crippen LogP contribution in [0.5, 0.6) is 11.5 Å². The molecule has 1 aliphatic rings. The topological polar surface area (TPSA) is 158 Å². The average molecular weight is 633 g/mol. The van der Waals surface area contributed by atoms with E-state index in [-0.39, 0.29) is 12.4 Å². The molecule has 45 heavy (non-hydrogen) atoms. The number of carbonyl (C=O) groups excluding carboxylic acids is 3. The molecule has 0 amide bonds. The number of aliphatic hydroxyl groups is 2. The van der Waals surface area contributed by atoms with E-state index >= 15 is 0 Å². The Labute approximate surface area is 265 Å². The number of carbonyl (C=O) groups is 3. The summed E-state index contributed by atoms with van der Waals surface area (Å²) in [6, 6.07) is 3.17. The van der Waals surface area contributed by atoms with Gasteiger partial charge in [0.25, 0.3) is 0 Å². The SMILES string of the molecule is CC(=O)OC[C@H]1O[C@H](Oc2cc(C)c(O)cc2CC=C(C)CCC=C(C)C[C@@H](O)C=C(C)C)[C@H](O)[C@@H](OC(C)=O)[C@@H]1OC(C)=O. The van der Waals surface area contributed by atoms with Crippen LogP contribution < -0.4 is 4.74 Å². The Balaban J connectivity index is 2.27. The molecular weight excluding hydrogens is 584 g/mol. The molecule has 0 radical (unpaired) electrons. The highest BCUT2D eigenvalue weighted by atomic mass is 16.7. The molecule has 0 saturated carbocycles. The van der Waals surface area contributed by atoms with Crippen molar-refractivity contribution in [3.8, 4) is 11.5 Å². The van der Waals surface area contributed by atoms with Crippen molar-refractivity contribution < 1.29 is 53.4 Å². The van der Waals surface area contributed by atoms with Gasteiger partial charge < -0.3 is 39.0 Å². The summed E-state index contributed by atoms with van der Waals surface area (Å²) in [5.41, 5.74) is 4.40. The minimum atomic E-state index is -1.59. The van der Waals surface area contributed by atoms with Gasteiger partial charge in [-0.25, -0.2) is 0 Å². The number of hydrogen-bond acceptors (Lipinski definition) is 11. The molecule has 0 spiro atoms. The maximum Gasteiger partial charge on any atom is 0.303 e. The third kappa shape index (κ3) is 12.7. The predicted octanol–water partition coefficient (Wildman–Crippen LogP) is 4.52. The van der Waals surface area contributed by atoms with E-state index < -0.39 is 54.7 Å². The number of aromatic hydroxyl groups is 1. The third-order valence-electron chi connectivity index (χ3n) is 7.05. The van der Waals surface area contributed by atoms with E-state index in [1.54, 1.807) is 19.1 Å². The van der Waals surface area contributed by atoms with E-state index in [4.69, 9.17) is 23.7 Å². The molecule has 6 atom stereocenters. The number of ether oxygens (including phenoxy) is 5. The molecule has 1 aliphatic heterocycles. The van der Waals surface area contributed by atoms with Crippen LogP contribution in [-0.2, 0) is 39.8 Å². The van der Waals surface area contributed by atoms with Crippen LogP contribution in [-0.4, -0.2) is 76.6 Å². The van der Waals surface area contributed by atoms with Gasteiger partial charge in [-0.15, -0.1) is 0 Å². The molecule has 0 bridgehead atoms. The number of phenolic OH excluding ortho intramolecular Hbond substituents is 1. The second-order valence-corrected chi connectivity index (χ2v) is 11.7. The summed E-state index contributed by atoms with van der Waals surface area (Å²) < 4.78 is 27.8. The van der Waals surface area contributed by atoms with E-state index in [9.17, 15) is 29.7 Å². The number of rotatable bonds is 14. The lowest BCUT2D eigenvalue weighted by atomic mass is 9.98. The van der Waals surface area contributed by atoms with Gasteiger partial charge in [0.15, 0.2) is 18.3 Å². The minimum absolute atomic E-state index is 0.0578. The Morgan fingerprint density at radius 1 is 0.933 bits per heavy atom. The number of aliphatic hydroxyl groups excluding tert-OH is 2. The molecule has 0 unspecified atom stereocenters. The zero-order valence-corrected chi connectivity index (χ0v) is 27.5. The van der Waals surface area contributed by atoms with Crippen LogP contribution in [0.15, 0.2) is 47.1 Å². The third-order valence-corrected chi connectivity index (χ3v) is 7.05. The molecule has 1 saturated heterocycles. The largest absolute Gasteiger partial charge is 0.508 e. The van der Waals surface area contributed by atoms with Crippen molar-refractivity contribution in [2.24, 2.45) is 0 Å². The number of allylic oxidation sites excluding steroid dienone is 4. The van der Waals surface area contributed by atoms with Crippen molar-refractivity contribution >= 4 is 17.9 Å². The van der Waals surface area contributed by atoms with Gasteiger partial charge in [0.05, 0.1) is 6.10 Å². The van der Waals surface area contributed by atoms with Crippen molar-refractivity contribution in [1.82, 2.24) is 0 Å². The van der Waals surface area contributed by atoms with E-state index in [1.165, 1.54) is 6.92 Å². The zero-order valence-electron chi connectivity index (χ0n) is 27.5. The summed E-state index contributed by atoms with van der Waals surface area (Å²) in [4.78, 5) is 35.3. The average Bonchev–Trinajstić information content (AvgIpc) is 2.91. The maximum absolute atomic E-state index is 11.9. The molecule has 250 valence electrons. The van der Waals surface area contributed by atoms with Crippen molar-refractivity contribution in [1.29, 1.82) is 0 Å². The van der Waals surface area contributed by atoms with Crippen LogP contribution in [0.4, 0.5) is 0 Å². The summed E-state index contributed by atoms with van der Waals surface area (Å²) in [6.45, 7) is 12.7. The van der Waals surface area contributed by atoms with E-state index in [2.05, 4.69) is 6.08 Å². The first-order chi connectivity index (χ1) is 21.1. The Hall–Kier alpha value is -3.67. The van der Waals surface area contributed by atoms with Crippen LogP contribution in [0.25, 0.3) is 0 Å². The fraction of sp³-hybridized carbons (Fsp3) is 0.559. The maximum atomic E-state index is 11.9. The minimum Gasteiger partial charge on any atom is -0.508 e. The lowest BCUT2D eigenvalue weighted by Gasteiger charge is -2.42. The monoisotopic (exact) mass is 632 g/mol. The first-order valence-electron chi connectivity index (χ1n) is 15.0. The van der Waals surface area contributed by atoms with Gasteiger partial charge in [0.1, 0.15) is 24.2 Å². The van der Waals surface area contributed by atoms with Gasteiger partial charge in [-0.2, -0.15) is 0 Å². The van der Waals surface area contributed by atoms with Gasteiger partial charge >= 0.3 is 17.9 Å². The molecule has 3 N–H and O–H groups in total. The molecule has 1 aromatic rings. The highest BCUT2D eigenvalue weighted by molar-refractivity contribution is 5.68. The van der Waals surface area contributed by atoms with Gasteiger partial charge in [0, 0.05) is 26.3 Å². The van der Waals surface area contributed by atoms with Gasteiger partial charge in [-0.05, 0) is 78.0 Å². The first-order valence-corrected chi connectivity index (χ1v) is 15.0. The molecule has 0 aromatic heterocycles. The van der Waals surface area contributed by atoms with Gasteiger partial charge in [-0.1, -0.05) is 34.9 Å². The van der Waals surface area contributed by atoms with E-state index in [0.717, 1.165) is 43.4 Å². The summed E-state index contributed by atoms with van der Waals surface area (Å²) >= 11 is 0. The van der Waals surface area contributed by atoms with E-state index in [1.807, 2.05) is 39.8 Å². The van der Waals surface area contributed by atoms with Crippen LogP contribution in [0, 0.1) is 6.92 Å². The van der Waals surface area contributed by atoms with Crippen molar-refractivity contribution in [2.45, 2.75) is 118 Å². The molecule has 11 heteroatoms. The number of aryl methyl sites for hydroxylation is 1. The molecule has 1 fully saturated rings. The second kappa shape index (κ2) is 17.7. The first kappa shape index (κ1) is 37.5. The molecule has 0 aliphatic carbocycles. The number of phenols is 1. The predicted molar refractivity (Wildman–Crippen MR) is 166 cm³/mol. The zero-order chi connectivity index (χ0) is 33.8.